The summed E-state index contributed by atoms with van der Waals surface area (Å²) in [5.74, 6) is 1.50. The van der Waals surface area contributed by atoms with Gasteiger partial charge in [0.25, 0.3) is 0 Å². The first kappa shape index (κ1) is 19.0. The first-order chi connectivity index (χ1) is 12.7. The molecule has 6 heteroatoms. The lowest BCUT2D eigenvalue weighted by molar-refractivity contribution is -0.150. The van der Waals surface area contributed by atoms with E-state index in [1.54, 1.807) is 14.2 Å². The van der Waals surface area contributed by atoms with E-state index in [9.17, 15) is 4.79 Å². The summed E-state index contributed by atoms with van der Waals surface area (Å²) in [7, 11) is 3.37. The smallest absolute Gasteiger partial charge is 0.323 e. The molecule has 2 aromatic carbocycles. The highest BCUT2D eigenvalue weighted by Gasteiger charge is 2.36. The lowest BCUT2D eigenvalue weighted by Crippen LogP contribution is -2.47. The number of carbonyl (C=O) groups is 1. The summed E-state index contributed by atoms with van der Waals surface area (Å²) in [4.78, 5) is 14.7. The summed E-state index contributed by atoms with van der Waals surface area (Å²) >= 11 is 3.49. The molecule has 0 radical (unpaired) electrons. The summed E-state index contributed by atoms with van der Waals surface area (Å²) < 4.78 is 16.9. The van der Waals surface area contributed by atoms with Crippen molar-refractivity contribution >= 4 is 32.7 Å². The van der Waals surface area contributed by atoms with Gasteiger partial charge in [-0.25, -0.2) is 0 Å². The molecule has 2 aromatic rings. The monoisotopic (exact) mass is 421 g/mol. The Morgan fingerprint density at radius 2 is 1.77 bits per heavy atom. The van der Waals surface area contributed by atoms with Crippen molar-refractivity contribution in [1.29, 1.82) is 0 Å². The first-order valence-electron chi connectivity index (χ1n) is 8.77. The first-order valence-corrected chi connectivity index (χ1v) is 9.89. The zero-order valence-corrected chi connectivity index (χ0v) is 17.0. The number of rotatable bonds is 6. The van der Waals surface area contributed by atoms with Crippen molar-refractivity contribution in [1.82, 2.24) is 4.90 Å². The maximum absolute atomic E-state index is 12.6. The highest BCUT2D eigenvalue weighted by Crippen LogP contribution is 2.44. The van der Waals surface area contributed by atoms with Gasteiger partial charge in [-0.3, -0.25) is 9.69 Å². The van der Waals surface area contributed by atoms with Crippen LogP contribution in [0.5, 0.6) is 11.5 Å². The second-order valence-electron chi connectivity index (χ2n) is 6.20. The van der Waals surface area contributed by atoms with Crippen LogP contribution in [0.25, 0.3) is 10.8 Å². The van der Waals surface area contributed by atoms with Crippen molar-refractivity contribution in [3.8, 4) is 11.5 Å². The van der Waals surface area contributed by atoms with Crippen LogP contribution in [0.1, 0.15) is 18.1 Å². The van der Waals surface area contributed by atoms with Crippen LogP contribution >= 0.6 is 15.9 Å². The van der Waals surface area contributed by atoms with E-state index in [-0.39, 0.29) is 12.0 Å². The molecule has 0 N–H and O–H groups in total. The van der Waals surface area contributed by atoms with Gasteiger partial charge in [-0.05, 0) is 6.92 Å². The Morgan fingerprint density at radius 3 is 2.31 bits per heavy atom. The van der Waals surface area contributed by atoms with Crippen LogP contribution in [0.3, 0.4) is 0 Å². The van der Waals surface area contributed by atoms with E-state index in [1.807, 2.05) is 31.2 Å². The molecule has 0 saturated heterocycles. The number of nitrogens with zero attached hydrogens (tertiary/aromatic N) is 1. The van der Waals surface area contributed by atoms with E-state index >= 15 is 0 Å². The minimum absolute atomic E-state index is 0.187. The number of alkyl halides is 1. The van der Waals surface area contributed by atoms with Crippen LogP contribution in [-0.4, -0.2) is 49.6 Å². The van der Waals surface area contributed by atoms with E-state index in [4.69, 9.17) is 14.2 Å². The fourth-order valence-corrected chi connectivity index (χ4v) is 4.23. The minimum atomic E-state index is -0.320. The van der Waals surface area contributed by atoms with E-state index in [0.29, 0.717) is 19.6 Å². The van der Waals surface area contributed by atoms with Crippen molar-refractivity contribution in [3.63, 3.8) is 0 Å². The normalized spacial score (nSPS) is 17.0. The van der Waals surface area contributed by atoms with Crippen molar-refractivity contribution < 1.29 is 19.0 Å². The SMILES string of the molecule is CCOC(=O)C1Cc2c(c(OC)c3ccccc3c2OC)CN1CCBr. The van der Waals surface area contributed by atoms with Crippen LogP contribution in [0.2, 0.25) is 0 Å². The molecule has 0 aromatic heterocycles. The van der Waals surface area contributed by atoms with Crippen molar-refractivity contribution in [3.05, 3.63) is 35.4 Å². The van der Waals surface area contributed by atoms with Gasteiger partial charge < -0.3 is 14.2 Å². The molecule has 1 atom stereocenters. The standard InChI is InChI=1S/C20H24BrNO4/c1-4-26-20(23)17-11-15-16(12-22(17)10-9-21)19(25-3)14-8-6-5-7-13(14)18(15)24-2/h5-8,17H,4,9-12H2,1-3H3. The largest absolute Gasteiger partial charge is 0.496 e. The number of benzene rings is 2. The van der Waals surface area contributed by atoms with Gasteiger partial charge in [0.1, 0.15) is 17.5 Å². The summed E-state index contributed by atoms with van der Waals surface area (Å²) in [6.07, 6.45) is 0.547. The van der Waals surface area contributed by atoms with Crippen LogP contribution in [0.15, 0.2) is 24.3 Å². The molecule has 1 aliphatic heterocycles. The molecule has 0 amide bonds. The summed E-state index contributed by atoms with van der Waals surface area (Å²) in [5, 5.41) is 2.81. The zero-order valence-electron chi connectivity index (χ0n) is 15.4. The Kier molecular flexibility index (Phi) is 6.04. The summed E-state index contributed by atoms with van der Waals surface area (Å²) in [6, 6.07) is 7.74. The molecule has 1 heterocycles. The Bertz CT molecular complexity index is 808. The third-order valence-electron chi connectivity index (χ3n) is 4.87. The number of hydrogen-bond donors (Lipinski definition) is 0. The van der Waals surface area contributed by atoms with E-state index in [1.165, 1.54) is 0 Å². The molecule has 1 unspecified atom stereocenters. The molecular formula is C20H24BrNO4. The molecule has 1 aliphatic rings. The highest BCUT2D eigenvalue weighted by atomic mass is 79.9. The van der Waals surface area contributed by atoms with Crippen LogP contribution in [0.4, 0.5) is 0 Å². The zero-order chi connectivity index (χ0) is 18.7. The predicted octanol–water partition coefficient (Wildman–Crippen LogP) is 3.54. The number of ether oxygens (including phenoxy) is 3. The third kappa shape index (κ3) is 3.28. The maximum atomic E-state index is 12.6. The quantitative estimate of drug-likeness (QED) is 0.527. The van der Waals surface area contributed by atoms with Gasteiger partial charge in [0.2, 0.25) is 0 Å². The van der Waals surface area contributed by atoms with Crippen LogP contribution in [-0.2, 0) is 22.5 Å². The van der Waals surface area contributed by atoms with Gasteiger partial charge >= 0.3 is 5.97 Å². The van der Waals surface area contributed by atoms with Gasteiger partial charge in [0.05, 0.1) is 20.8 Å². The number of esters is 1. The molecule has 0 saturated carbocycles. The average Bonchev–Trinajstić information content (AvgIpc) is 2.66. The number of hydrogen-bond acceptors (Lipinski definition) is 5. The van der Waals surface area contributed by atoms with E-state index < -0.39 is 0 Å². The van der Waals surface area contributed by atoms with Crippen LogP contribution in [0, 0.1) is 0 Å². The Morgan fingerprint density at radius 1 is 1.15 bits per heavy atom. The van der Waals surface area contributed by atoms with Gasteiger partial charge in [-0.1, -0.05) is 40.2 Å². The van der Waals surface area contributed by atoms with Gasteiger partial charge in [-0.2, -0.15) is 0 Å². The van der Waals surface area contributed by atoms with Crippen LogP contribution < -0.4 is 9.47 Å². The molecule has 3 rings (SSSR count). The lowest BCUT2D eigenvalue weighted by Gasteiger charge is -2.36. The Labute approximate surface area is 162 Å². The number of carbonyl (C=O) groups excluding carboxylic acids is 1. The number of methoxy groups -OCH3 is 2. The minimum Gasteiger partial charge on any atom is -0.496 e. The van der Waals surface area contributed by atoms with Crippen molar-refractivity contribution in [2.75, 3.05) is 32.7 Å². The predicted molar refractivity (Wildman–Crippen MR) is 105 cm³/mol. The number of fused-ring (bicyclic) bond motifs is 2. The summed E-state index contributed by atoms with van der Waals surface area (Å²) in [5.41, 5.74) is 2.12. The Hall–Kier alpha value is -1.79. The van der Waals surface area contributed by atoms with Gasteiger partial charge in [-0.15, -0.1) is 0 Å². The third-order valence-corrected chi connectivity index (χ3v) is 5.22. The molecule has 140 valence electrons. The number of halogens is 1. The van der Waals surface area contributed by atoms with E-state index in [0.717, 1.165) is 45.3 Å². The van der Waals surface area contributed by atoms with Gasteiger partial charge in [0, 0.05) is 46.7 Å². The topological polar surface area (TPSA) is 48.0 Å². The van der Waals surface area contributed by atoms with Gasteiger partial charge in [0.15, 0.2) is 0 Å². The highest BCUT2D eigenvalue weighted by molar-refractivity contribution is 9.09. The van der Waals surface area contributed by atoms with Crippen molar-refractivity contribution in [2.45, 2.75) is 25.9 Å². The fourth-order valence-electron chi connectivity index (χ4n) is 3.78. The second kappa shape index (κ2) is 8.27. The molecule has 5 nitrogen and oxygen atoms in total. The summed E-state index contributed by atoms with van der Waals surface area (Å²) in [6.45, 7) is 3.58. The Balaban J connectivity index is 2.18. The fraction of sp³-hybridized carbons (Fsp3) is 0.450. The average molecular weight is 422 g/mol. The second-order valence-corrected chi connectivity index (χ2v) is 6.99. The molecule has 0 aliphatic carbocycles. The maximum Gasteiger partial charge on any atom is 0.323 e. The van der Waals surface area contributed by atoms with E-state index in [2.05, 4.69) is 20.8 Å². The van der Waals surface area contributed by atoms with Crippen molar-refractivity contribution in [2.24, 2.45) is 0 Å². The molecule has 0 fully saturated rings. The molecular weight excluding hydrogens is 398 g/mol. The molecule has 0 bridgehead atoms. The lowest BCUT2D eigenvalue weighted by atomic mass is 9.89. The molecule has 0 spiro atoms. The molecule has 26 heavy (non-hydrogen) atoms.